The molecule has 2 saturated carbocycles. The van der Waals surface area contributed by atoms with E-state index < -0.39 is 23.6 Å². The average Bonchev–Trinajstić information content (AvgIpc) is 3.07. The summed E-state index contributed by atoms with van der Waals surface area (Å²) in [5.74, 6) is -1.24. The lowest BCUT2D eigenvalue weighted by atomic mass is 9.61. The van der Waals surface area contributed by atoms with Gasteiger partial charge in [-0.05, 0) is 42.6 Å². The fraction of sp³-hybridized carbons (Fsp3) is 0.773. The van der Waals surface area contributed by atoms with Crippen LogP contribution < -0.4 is 0 Å². The van der Waals surface area contributed by atoms with Gasteiger partial charge in [0.1, 0.15) is 24.2 Å². The van der Waals surface area contributed by atoms with Crippen LogP contribution in [0.4, 0.5) is 0 Å². The quantitative estimate of drug-likeness (QED) is 0.414. The third-order valence-electron chi connectivity index (χ3n) is 7.59. The number of esters is 3. The van der Waals surface area contributed by atoms with Crippen LogP contribution in [-0.4, -0.2) is 36.7 Å². The molecule has 156 valence electrons. The van der Waals surface area contributed by atoms with Crippen LogP contribution in [0.5, 0.6) is 0 Å². The van der Waals surface area contributed by atoms with Crippen molar-refractivity contribution in [2.75, 3.05) is 6.61 Å². The lowest BCUT2D eigenvalue weighted by molar-refractivity contribution is -0.177. The lowest BCUT2D eigenvalue weighted by Gasteiger charge is -2.46. The Hall–Kier alpha value is -1.85. The maximum absolute atomic E-state index is 12.9. The minimum Gasteiger partial charge on any atom is -0.462 e. The van der Waals surface area contributed by atoms with E-state index in [0.29, 0.717) is 24.8 Å². The second-order valence-corrected chi connectivity index (χ2v) is 9.15. The number of fused-ring (bicyclic) bond motifs is 1. The zero-order valence-electron chi connectivity index (χ0n) is 17.6. The van der Waals surface area contributed by atoms with Gasteiger partial charge in [0.2, 0.25) is 0 Å². The maximum atomic E-state index is 12.9. The average molecular weight is 392 g/mol. The molecule has 6 heteroatoms. The Balaban J connectivity index is 2.05. The number of hydrogen-bond donors (Lipinski definition) is 0. The first-order valence-corrected chi connectivity index (χ1v) is 10.3. The summed E-state index contributed by atoms with van der Waals surface area (Å²) in [6, 6.07) is 0. The number of carbonyl (C=O) groups is 3. The van der Waals surface area contributed by atoms with Gasteiger partial charge in [0.05, 0.1) is 5.92 Å². The van der Waals surface area contributed by atoms with Crippen LogP contribution in [-0.2, 0) is 28.6 Å². The van der Waals surface area contributed by atoms with Gasteiger partial charge >= 0.3 is 17.9 Å². The predicted molar refractivity (Wildman–Crippen MR) is 102 cm³/mol. The van der Waals surface area contributed by atoms with E-state index in [9.17, 15) is 14.4 Å². The highest BCUT2D eigenvalue weighted by Crippen LogP contribution is 2.66. The molecular formula is C22H32O6. The van der Waals surface area contributed by atoms with Gasteiger partial charge in [0, 0.05) is 12.8 Å². The number of cyclic esters (lactones) is 1. The summed E-state index contributed by atoms with van der Waals surface area (Å²) in [6.07, 6.45) is 1.65. The third-order valence-corrected chi connectivity index (χ3v) is 7.59. The van der Waals surface area contributed by atoms with E-state index >= 15 is 0 Å². The van der Waals surface area contributed by atoms with Gasteiger partial charge < -0.3 is 14.2 Å². The van der Waals surface area contributed by atoms with Crippen molar-refractivity contribution in [1.82, 2.24) is 0 Å². The van der Waals surface area contributed by atoms with E-state index in [2.05, 4.69) is 20.4 Å². The van der Waals surface area contributed by atoms with Crippen LogP contribution in [0.25, 0.3) is 0 Å². The second kappa shape index (κ2) is 7.20. The molecule has 3 aliphatic rings. The van der Waals surface area contributed by atoms with E-state index in [0.717, 1.165) is 6.42 Å². The van der Waals surface area contributed by atoms with Crippen molar-refractivity contribution < 1.29 is 28.6 Å². The van der Waals surface area contributed by atoms with Crippen molar-refractivity contribution >= 4 is 17.9 Å². The normalized spacial score (nSPS) is 40.8. The van der Waals surface area contributed by atoms with Crippen LogP contribution >= 0.6 is 0 Å². The van der Waals surface area contributed by atoms with Crippen molar-refractivity contribution in [1.29, 1.82) is 0 Å². The highest BCUT2D eigenvalue weighted by Gasteiger charge is 2.71. The minimum absolute atomic E-state index is 0.144. The van der Waals surface area contributed by atoms with Crippen molar-refractivity contribution in [3.63, 3.8) is 0 Å². The summed E-state index contributed by atoms with van der Waals surface area (Å²) < 4.78 is 17.1. The molecule has 1 saturated heterocycles. The molecule has 3 rings (SSSR count). The van der Waals surface area contributed by atoms with Crippen LogP contribution in [0, 0.1) is 28.6 Å². The Morgan fingerprint density at radius 3 is 2.54 bits per heavy atom. The summed E-state index contributed by atoms with van der Waals surface area (Å²) in [6.45, 7) is 13.7. The summed E-state index contributed by atoms with van der Waals surface area (Å²) in [7, 11) is 0. The Morgan fingerprint density at radius 1 is 1.32 bits per heavy atom. The van der Waals surface area contributed by atoms with Crippen molar-refractivity contribution in [2.24, 2.45) is 28.6 Å². The van der Waals surface area contributed by atoms with Crippen LogP contribution in [0.1, 0.15) is 60.3 Å². The van der Waals surface area contributed by atoms with E-state index in [-0.39, 0.29) is 41.7 Å². The molecule has 0 amide bonds. The van der Waals surface area contributed by atoms with Crippen molar-refractivity contribution in [2.45, 2.75) is 72.5 Å². The highest BCUT2D eigenvalue weighted by atomic mass is 16.6. The molecule has 0 radical (unpaired) electrons. The van der Waals surface area contributed by atoms with Gasteiger partial charge in [-0.15, -0.1) is 0 Å². The van der Waals surface area contributed by atoms with Gasteiger partial charge in [-0.2, -0.15) is 0 Å². The van der Waals surface area contributed by atoms with Crippen molar-refractivity contribution in [3.05, 3.63) is 12.2 Å². The minimum atomic E-state index is -1.05. The summed E-state index contributed by atoms with van der Waals surface area (Å²) >= 11 is 0. The molecule has 0 aromatic carbocycles. The Morgan fingerprint density at radius 2 is 2.00 bits per heavy atom. The second-order valence-electron chi connectivity index (χ2n) is 9.15. The third kappa shape index (κ3) is 2.96. The van der Waals surface area contributed by atoms with Gasteiger partial charge in [-0.1, -0.05) is 34.3 Å². The molecule has 1 aliphatic heterocycles. The summed E-state index contributed by atoms with van der Waals surface area (Å²) in [5, 5.41) is 0. The Labute approximate surface area is 167 Å². The van der Waals surface area contributed by atoms with E-state index in [1.54, 1.807) is 0 Å². The molecular weight excluding hydrogens is 360 g/mol. The molecule has 0 N–H and O–H groups in total. The number of ether oxygens (including phenoxy) is 3. The van der Waals surface area contributed by atoms with Gasteiger partial charge in [0.15, 0.2) is 0 Å². The van der Waals surface area contributed by atoms with Gasteiger partial charge in [-0.3, -0.25) is 14.4 Å². The fourth-order valence-corrected chi connectivity index (χ4v) is 5.50. The largest absolute Gasteiger partial charge is 0.462 e. The topological polar surface area (TPSA) is 78.9 Å². The highest BCUT2D eigenvalue weighted by molar-refractivity contribution is 5.86. The molecule has 0 aromatic rings. The number of rotatable bonds is 4. The zero-order chi connectivity index (χ0) is 20.9. The molecule has 3 fully saturated rings. The monoisotopic (exact) mass is 392 g/mol. The Bertz CT molecular complexity index is 681. The molecule has 2 aliphatic carbocycles. The maximum Gasteiger partial charge on any atom is 0.320 e. The number of hydrogen-bond acceptors (Lipinski definition) is 6. The standard InChI is InChI=1S/C22H32O6/c1-7-12(2)19(24)28-16-9-8-13(3)21(6)11-22(14(4)10-26-20(22)25)18(17(16)21)27-15(5)23/h12-13,16-18H,4,7-11H2,1-3,5-6H3/t12-,13+,16+,17-,18-,21-,22-/m1/s1. The SMILES string of the molecule is C=C1COC(=O)[C@]12C[C@@]1(C)[C@H]([C@@H](OC(=O)[C@H](C)CC)CC[C@@H]1C)[C@H]2OC(C)=O. The summed E-state index contributed by atoms with van der Waals surface area (Å²) in [5.41, 5.74) is -0.728. The fourth-order valence-electron chi connectivity index (χ4n) is 5.50. The molecule has 1 heterocycles. The zero-order valence-corrected chi connectivity index (χ0v) is 17.6. The first-order chi connectivity index (χ1) is 13.1. The van der Waals surface area contributed by atoms with Gasteiger partial charge in [-0.25, -0.2) is 0 Å². The van der Waals surface area contributed by atoms with E-state index in [1.807, 2.05) is 13.8 Å². The molecule has 0 aromatic heterocycles. The van der Waals surface area contributed by atoms with E-state index in [4.69, 9.17) is 14.2 Å². The van der Waals surface area contributed by atoms with Crippen LogP contribution in [0.3, 0.4) is 0 Å². The molecule has 0 bridgehead atoms. The predicted octanol–water partition coefficient (Wildman–Crippen LogP) is 3.43. The Kier molecular flexibility index (Phi) is 5.36. The van der Waals surface area contributed by atoms with Crippen LogP contribution in [0.2, 0.25) is 0 Å². The first kappa shape index (κ1) is 20.9. The molecule has 7 atom stereocenters. The molecule has 6 nitrogen and oxygen atoms in total. The molecule has 0 unspecified atom stereocenters. The smallest absolute Gasteiger partial charge is 0.320 e. The van der Waals surface area contributed by atoms with E-state index in [1.165, 1.54) is 6.92 Å². The number of carbonyl (C=O) groups excluding carboxylic acids is 3. The molecule has 1 spiro atoms. The first-order valence-electron chi connectivity index (χ1n) is 10.3. The lowest BCUT2D eigenvalue weighted by Crippen LogP contribution is -2.50. The summed E-state index contributed by atoms with van der Waals surface area (Å²) in [4.78, 5) is 37.4. The van der Waals surface area contributed by atoms with Crippen LogP contribution in [0.15, 0.2) is 12.2 Å². The molecule has 28 heavy (non-hydrogen) atoms. The van der Waals surface area contributed by atoms with Crippen molar-refractivity contribution in [3.8, 4) is 0 Å². The van der Waals surface area contributed by atoms with Gasteiger partial charge in [0.25, 0.3) is 0 Å².